The summed E-state index contributed by atoms with van der Waals surface area (Å²) in [5, 5.41) is 3.53. The van der Waals surface area contributed by atoms with Crippen molar-refractivity contribution in [3.8, 4) is 0 Å². The second-order valence-electron chi connectivity index (χ2n) is 5.32. The Balaban J connectivity index is 1.77. The van der Waals surface area contributed by atoms with E-state index in [0.717, 1.165) is 12.4 Å². The van der Waals surface area contributed by atoms with Crippen LogP contribution in [0.1, 0.15) is 68.4 Å². The summed E-state index contributed by atoms with van der Waals surface area (Å²) < 4.78 is 0. The van der Waals surface area contributed by atoms with E-state index in [1.54, 1.807) is 0 Å². The van der Waals surface area contributed by atoms with Gasteiger partial charge in [0.05, 0.1) is 6.04 Å². The lowest BCUT2D eigenvalue weighted by Crippen LogP contribution is -2.28. The van der Waals surface area contributed by atoms with Crippen molar-refractivity contribution in [3.05, 3.63) is 23.8 Å². The van der Waals surface area contributed by atoms with E-state index in [2.05, 4.69) is 16.4 Å². The molecule has 0 radical (unpaired) electrons. The summed E-state index contributed by atoms with van der Waals surface area (Å²) in [5.41, 5.74) is 1.28. The first-order valence-electron chi connectivity index (χ1n) is 7.00. The normalized spacial score (nSPS) is 26.2. The van der Waals surface area contributed by atoms with Gasteiger partial charge in [-0.3, -0.25) is 0 Å². The van der Waals surface area contributed by atoms with E-state index in [0.29, 0.717) is 12.0 Å². The molecule has 0 aromatic carbocycles. The molecule has 1 atom stereocenters. The van der Waals surface area contributed by atoms with Gasteiger partial charge in [-0.15, -0.1) is 0 Å². The maximum atomic E-state index is 4.80. The Morgan fingerprint density at radius 1 is 1.06 bits per heavy atom. The third-order valence-corrected chi connectivity index (χ3v) is 4.09. The standard InChI is InChI=1S/C14H21N3/c1-2-6-11(5-1)12-8-10-16-14(17-12)13-7-3-4-9-15-13/h8,10-11,13,15H,1-7,9H2. The number of hydrogen-bond acceptors (Lipinski definition) is 3. The van der Waals surface area contributed by atoms with Gasteiger partial charge in [0.25, 0.3) is 0 Å². The Kier molecular flexibility index (Phi) is 3.36. The van der Waals surface area contributed by atoms with Gasteiger partial charge in [-0.05, 0) is 38.3 Å². The van der Waals surface area contributed by atoms with E-state index in [-0.39, 0.29) is 0 Å². The van der Waals surface area contributed by atoms with Crippen molar-refractivity contribution in [1.29, 1.82) is 0 Å². The minimum atomic E-state index is 0.394. The minimum Gasteiger partial charge on any atom is -0.307 e. The topological polar surface area (TPSA) is 37.8 Å². The van der Waals surface area contributed by atoms with E-state index in [1.165, 1.54) is 50.6 Å². The van der Waals surface area contributed by atoms with Gasteiger partial charge in [0, 0.05) is 17.8 Å². The first kappa shape index (κ1) is 11.1. The highest BCUT2D eigenvalue weighted by Crippen LogP contribution is 2.33. The van der Waals surface area contributed by atoms with Gasteiger partial charge in [-0.2, -0.15) is 0 Å². The van der Waals surface area contributed by atoms with Crippen LogP contribution < -0.4 is 5.32 Å². The van der Waals surface area contributed by atoms with Crippen LogP contribution in [0, 0.1) is 0 Å². The lowest BCUT2D eigenvalue weighted by molar-refractivity contribution is 0.395. The van der Waals surface area contributed by atoms with Gasteiger partial charge in [0.1, 0.15) is 5.82 Å². The summed E-state index contributed by atoms with van der Waals surface area (Å²) in [6.45, 7) is 1.11. The van der Waals surface area contributed by atoms with Crippen LogP contribution >= 0.6 is 0 Å². The van der Waals surface area contributed by atoms with E-state index >= 15 is 0 Å². The van der Waals surface area contributed by atoms with Crippen molar-refractivity contribution in [2.24, 2.45) is 0 Å². The monoisotopic (exact) mass is 231 g/mol. The highest BCUT2D eigenvalue weighted by atomic mass is 15.0. The maximum Gasteiger partial charge on any atom is 0.145 e. The van der Waals surface area contributed by atoms with Crippen LogP contribution in [-0.4, -0.2) is 16.5 Å². The number of nitrogens with zero attached hydrogens (tertiary/aromatic N) is 2. The molecule has 3 rings (SSSR count). The van der Waals surface area contributed by atoms with Gasteiger partial charge in [0.2, 0.25) is 0 Å². The van der Waals surface area contributed by atoms with Crippen molar-refractivity contribution in [2.45, 2.75) is 56.9 Å². The van der Waals surface area contributed by atoms with Crippen LogP contribution in [0.5, 0.6) is 0 Å². The molecule has 3 nitrogen and oxygen atoms in total. The first-order chi connectivity index (χ1) is 8.43. The van der Waals surface area contributed by atoms with Crippen LogP contribution in [0.25, 0.3) is 0 Å². The fourth-order valence-corrected chi connectivity index (χ4v) is 3.08. The molecule has 1 saturated heterocycles. The summed E-state index contributed by atoms with van der Waals surface area (Å²) in [6.07, 6.45) is 11.1. The molecule has 1 unspecified atom stereocenters. The molecule has 1 aromatic rings. The molecule has 1 aliphatic carbocycles. The van der Waals surface area contributed by atoms with Gasteiger partial charge in [0.15, 0.2) is 0 Å². The molecule has 17 heavy (non-hydrogen) atoms. The molecule has 1 saturated carbocycles. The summed E-state index contributed by atoms with van der Waals surface area (Å²) in [6, 6.07) is 2.51. The fourth-order valence-electron chi connectivity index (χ4n) is 3.08. The van der Waals surface area contributed by atoms with Gasteiger partial charge in [-0.25, -0.2) is 9.97 Å². The second-order valence-corrected chi connectivity index (χ2v) is 5.32. The molecule has 0 spiro atoms. The average Bonchev–Trinajstić information content (AvgIpc) is 2.94. The van der Waals surface area contributed by atoms with E-state index in [1.807, 2.05) is 6.20 Å². The van der Waals surface area contributed by atoms with Crippen molar-refractivity contribution >= 4 is 0 Å². The van der Waals surface area contributed by atoms with Gasteiger partial charge in [-0.1, -0.05) is 19.3 Å². The molecule has 0 amide bonds. The van der Waals surface area contributed by atoms with Crippen LogP contribution in [0.3, 0.4) is 0 Å². The number of hydrogen-bond donors (Lipinski definition) is 1. The largest absolute Gasteiger partial charge is 0.307 e. The third kappa shape index (κ3) is 2.49. The Morgan fingerprint density at radius 2 is 1.88 bits per heavy atom. The molecule has 2 fully saturated rings. The molecule has 92 valence electrons. The minimum absolute atomic E-state index is 0.394. The predicted octanol–water partition coefficient (Wildman–Crippen LogP) is 2.95. The molecule has 1 N–H and O–H groups in total. The van der Waals surface area contributed by atoms with Crippen molar-refractivity contribution in [1.82, 2.24) is 15.3 Å². The van der Waals surface area contributed by atoms with Crippen LogP contribution in [-0.2, 0) is 0 Å². The first-order valence-corrected chi connectivity index (χ1v) is 7.00. The molecule has 0 bridgehead atoms. The Labute approximate surface area is 103 Å². The smallest absolute Gasteiger partial charge is 0.145 e. The summed E-state index contributed by atoms with van der Waals surface area (Å²) in [5.74, 6) is 1.72. The molecule has 1 aromatic heterocycles. The summed E-state index contributed by atoms with van der Waals surface area (Å²) >= 11 is 0. The average molecular weight is 231 g/mol. The van der Waals surface area contributed by atoms with E-state index < -0.39 is 0 Å². The Bertz CT molecular complexity index is 365. The summed E-state index contributed by atoms with van der Waals surface area (Å²) in [7, 11) is 0. The zero-order chi connectivity index (χ0) is 11.5. The zero-order valence-electron chi connectivity index (χ0n) is 10.4. The van der Waals surface area contributed by atoms with Crippen LogP contribution in [0.2, 0.25) is 0 Å². The molecular formula is C14H21N3. The van der Waals surface area contributed by atoms with Crippen molar-refractivity contribution in [2.75, 3.05) is 6.54 Å². The SMILES string of the molecule is c1cc(C2CCCC2)nc(C2CCCCN2)n1. The van der Waals surface area contributed by atoms with Crippen LogP contribution in [0.4, 0.5) is 0 Å². The summed E-state index contributed by atoms with van der Waals surface area (Å²) in [4.78, 5) is 9.27. The Hall–Kier alpha value is -0.960. The molecule has 3 heteroatoms. The van der Waals surface area contributed by atoms with Crippen molar-refractivity contribution in [3.63, 3.8) is 0 Å². The fraction of sp³-hybridized carbons (Fsp3) is 0.714. The number of rotatable bonds is 2. The lowest BCUT2D eigenvalue weighted by atomic mass is 10.0. The maximum absolute atomic E-state index is 4.80. The highest BCUT2D eigenvalue weighted by Gasteiger charge is 2.21. The highest BCUT2D eigenvalue weighted by molar-refractivity contribution is 5.11. The van der Waals surface area contributed by atoms with Gasteiger partial charge >= 0.3 is 0 Å². The van der Waals surface area contributed by atoms with Crippen molar-refractivity contribution < 1.29 is 0 Å². The quantitative estimate of drug-likeness (QED) is 0.850. The molecule has 2 heterocycles. The van der Waals surface area contributed by atoms with Gasteiger partial charge < -0.3 is 5.32 Å². The van der Waals surface area contributed by atoms with Crippen LogP contribution in [0.15, 0.2) is 12.3 Å². The zero-order valence-corrected chi connectivity index (χ0v) is 10.4. The third-order valence-electron chi connectivity index (χ3n) is 4.09. The Morgan fingerprint density at radius 3 is 2.65 bits per heavy atom. The molecular weight excluding hydrogens is 210 g/mol. The second kappa shape index (κ2) is 5.13. The predicted molar refractivity (Wildman–Crippen MR) is 67.8 cm³/mol. The number of piperidine rings is 1. The van der Waals surface area contributed by atoms with E-state index in [9.17, 15) is 0 Å². The molecule has 2 aliphatic rings. The number of nitrogens with one attached hydrogen (secondary N) is 1. The number of aromatic nitrogens is 2. The molecule has 1 aliphatic heterocycles. The van der Waals surface area contributed by atoms with E-state index in [4.69, 9.17) is 4.98 Å². The lowest BCUT2D eigenvalue weighted by Gasteiger charge is -2.22.